The Morgan fingerprint density at radius 2 is 1.55 bits per heavy atom. The Labute approximate surface area is 235 Å². The van der Waals surface area contributed by atoms with Crippen LogP contribution < -0.4 is 15.3 Å². The minimum Gasteiger partial charge on any atom is -0.867 e. The van der Waals surface area contributed by atoms with Crippen molar-refractivity contribution in [3.05, 3.63) is 40.6 Å². The molecule has 42 heavy (non-hydrogen) atoms. The Hall–Kier alpha value is -3.71. The highest BCUT2D eigenvalue weighted by atomic mass is 16.8. The maximum Gasteiger partial charge on any atom is 0.229 e. The number of phenols is 3. The van der Waals surface area contributed by atoms with E-state index in [0.717, 1.165) is 24.3 Å². The van der Waals surface area contributed by atoms with E-state index in [1.54, 1.807) is 0 Å². The first-order valence-electron chi connectivity index (χ1n) is 12.5. The predicted molar refractivity (Wildman–Crippen MR) is 132 cm³/mol. The Morgan fingerprint density at radius 1 is 0.857 bits per heavy atom. The normalized spacial score (nSPS) is 31.7. The first-order valence-corrected chi connectivity index (χ1v) is 12.5. The molecule has 9 atom stereocenters. The van der Waals surface area contributed by atoms with Crippen molar-refractivity contribution >= 4 is 0 Å². The van der Waals surface area contributed by atoms with Crippen LogP contribution in [0.2, 0.25) is 0 Å². The molecule has 2 fully saturated rings. The van der Waals surface area contributed by atoms with Crippen molar-refractivity contribution in [3.8, 4) is 51.4 Å². The molecular formula is C26H27O16-. The third-order valence-corrected chi connectivity index (χ3v) is 6.93. The molecule has 4 aliphatic rings. The van der Waals surface area contributed by atoms with Crippen LogP contribution >= 0.6 is 0 Å². The smallest absolute Gasteiger partial charge is 0.229 e. The molecule has 1 aliphatic carbocycles. The molecule has 0 unspecified atom stereocenters. The van der Waals surface area contributed by atoms with Crippen LogP contribution in [0.25, 0.3) is 22.6 Å². The second-order valence-electron chi connectivity index (χ2n) is 9.81. The van der Waals surface area contributed by atoms with Gasteiger partial charge in [0, 0.05) is 17.7 Å². The molecule has 16 nitrogen and oxygen atoms in total. The molecule has 0 spiro atoms. The van der Waals surface area contributed by atoms with E-state index in [0.29, 0.717) is 0 Å². The molecule has 1 aromatic carbocycles. The molecule has 2 saturated heterocycles. The quantitative estimate of drug-likeness (QED) is 0.140. The van der Waals surface area contributed by atoms with Gasteiger partial charge in [-0.3, -0.25) is 4.79 Å². The molecule has 3 aliphatic heterocycles. The lowest BCUT2D eigenvalue weighted by atomic mass is 9.98. The van der Waals surface area contributed by atoms with Crippen molar-refractivity contribution in [1.82, 2.24) is 0 Å². The number of phenolic OH excluding ortho intramolecular Hbond substituents is 3. The summed E-state index contributed by atoms with van der Waals surface area (Å²) in [4.78, 5) is 12.0. The molecule has 3 heterocycles. The highest BCUT2D eigenvalue weighted by molar-refractivity contribution is 5.77. The van der Waals surface area contributed by atoms with E-state index in [2.05, 4.69) is 0 Å². The van der Waals surface area contributed by atoms with Gasteiger partial charge in [-0.1, -0.05) is 0 Å². The molecule has 16 heteroatoms. The third-order valence-electron chi connectivity index (χ3n) is 6.93. The minimum absolute atomic E-state index is 0.0574. The minimum atomic E-state index is -1.86. The highest BCUT2D eigenvalue weighted by Crippen LogP contribution is 2.45. The molecule has 0 amide bonds. The van der Waals surface area contributed by atoms with Crippen LogP contribution in [0.15, 0.2) is 39.5 Å². The van der Waals surface area contributed by atoms with Crippen LogP contribution in [-0.2, 0) is 14.2 Å². The molecule has 9 N–H and O–H groups in total. The average molecular weight is 595 g/mol. The van der Waals surface area contributed by atoms with Crippen LogP contribution in [0.3, 0.4) is 0 Å². The fourth-order valence-electron chi connectivity index (χ4n) is 4.67. The maximum absolute atomic E-state index is 12.0. The summed E-state index contributed by atoms with van der Waals surface area (Å²) >= 11 is 0. The summed E-state index contributed by atoms with van der Waals surface area (Å²) in [5.41, 5.74) is -0.833. The topological polar surface area (TPSA) is 272 Å². The van der Waals surface area contributed by atoms with Gasteiger partial charge in [0.1, 0.15) is 59.6 Å². The van der Waals surface area contributed by atoms with E-state index in [1.165, 1.54) is 6.07 Å². The SMILES string of the molecule is O=c1cc2oc(-c3cc(O)c([O-])c(O)c3)c(O[C@@H]3O[C@H](CO)[C@@H](O)[C@H](O)[C@H]3O[C@@H]3OC[C@@H](O)[C@H](O)[C@H]3O)cc-2c(O)c1. The molecule has 0 bridgehead atoms. The number of aromatic hydroxyl groups is 3. The van der Waals surface area contributed by atoms with Gasteiger partial charge in [-0.05, 0) is 23.9 Å². The Kier molecular flexibility index (Phi) is 8.17. The monoisotopic (exact) mass is 595 g/mol. The number of fused-ring (bicyclic) bond motifs is 1. The summed E-state index contributed by atoms with van der Waals surface area (Å²) in [6.07, 6.45) is -15.1. The lowest BCUT2D eigenvalue weighted by Gasteiger charge is -2.44. The summed E-state index contributed by atoms with van der Waals surface area (Å²) in [5, 5.41) is 103. The summed E-state index contributed by atoms with van der Waals surface area (Å²) in [6.45, 7) is -1.26. The van der Waals surface area contributed by atoms with E-state index >= 15 is 0 Å². The van der Waals surface area contributed by atoms with Gasteiger partial charge < -0.3 is 74.4 Å². The Bertz CT molecular complexity index is 1430. The van der Waals surface area contributed by atoms with Crippen molar-refractivity contribution in [3.63, 3.8) is 0 Å². The standard InChI is InChI=1S/C26H28O16/c27-6-17-20(35)21(36)24(42-25-22(37)19(34)14(32)7-38-25)26(41-17)40-16-5-10-11(29)3-9(28)4-15(10)39-23(16)8-1-12(30)18(33)13(31)2-8/h1-5,14,17,19-22,24-27,29-37H,6-7H2/p-1/t14-,17-,19+,20-,21+,22-,24-,25+,26-/m1/s1. The zero-order chi connectivity index (χ0) is 30.5. The van der Waals surface area contributed by atoms with Gasteiger partial charge in [0.2, 0.25) is 6.29 Å². The number of aliphatic hydroxyl groups is 6. The first-order chi connectivity index (χ1) is 19.9. The van der Waals surface area contributed by atoms with Crippen LogP contribution in [0.5, 0.6) is 28.7 Å². The van der Waals surface area contributed by atoms with E-state index in [-0.39, 0.29) is 28.4 Å². The average Bonchev–Trinajstić information content (AvgIpc) is 2.95. The van der Waals surface area contributed by atoms with E-state index in [4.69, 9.17) is 23.4 Å². The number of hydrogen-bond acceptors (Lipinski definition) is 16. The zero-order valence-corrected chi connectivity index (χ0v) is 21.4. The van der Waals surface area contributed by atoms with Crippen molar-refractivity contribution in [1.29, 1.82) is 0 Å². The molecule has 0 radical (unpaired) electrons. The lowest BCUT2D eigenvalue weighted by molar-refractivity contribution is -0.344. The summed E-state index contributed by atoms with van der Waals surface area (Å²) in [6, 6.07) is 4.92. The first kappa shape index (κ1) is 29.8. The number of hydrogen-bond donors (Lipinski definition) is 9. The highest BCUT2D eigenvalue weighted by Gasteiger charge is 2.50. The van der Waals surface area contributed by atoms with Gasteiger partial charge in [0.05, 0.1) is 18.8 Å². The van der Waals surface area contributed by atoms with Gasteiger partial charge in [-0.15, -0.1) is 0 Å². The molecule has 228 valence electrons. The van der Waals surface area contributed by atoms with Crippen molar-refractivity contribution in [2.24, 2.45) is 0 Å². The summed E-state index contributed by atoms with van der Waals surface area (Å²) in [5.74, 6) is -4.19. The van der Waals surface area contributed by atoms with Gasteiger partial charge >= 0.3 is 0 Å². The van der Waals surface area contributed by atoms with Gasteiger partial charge in [0.15, 0.2) is 29.3 Å². The van der Waals surface area contributed by atoms with Crippen LogP contribution in [0, 0.1) is 0 Å². The Morgan fingerprint density at radius 3 is 2.21 bits per heavy atom. The Balaban J connectivity index is 1.59. The molecule has 0 aromatic heterocycles. The fraction of sp³-hybridized carbons (Fsp3) is 0.423. The predicted octanol–water partition coefficient (Wildman–Crippen LogP) is -2.76. The van der Waals surface area contributed by atoms with Crippen LogP contribution in [-0.4, -0.2) is 114 Å². The van der Waals surface area contributed by atoms with Gasteiger partial charge in [0.25, 0.3) is 0 Å². The van der Waals surface area contributed by atoms with Crippen molar-refractivity contribution in [2.45, 2.75) is 55.3 Å². The van der Waals surface area contributed by atoms with Crippen LogP contribution in [0.1, 0.15) is 0 Å². The zero-order valence-electron chi connectivity index (χ0n) is 21.4. The van der Waals surface area contributed by atoms with Gasteiger partial charge in [-0.25, -0.2) is 0 Å². The number of ether oxygens (including phenoxy) is 4. The number of rotatable bonds is 6. The molecule has 1 aromatic rings. The third kappa shape index (κ3) is 5.42. The van der Waals surface area contributed by atoms with E-state index in [1.807, 2.05) is 0 Å². The second kappa shape index (κ2) is 11.5. The largest absolute Gasteiger partial charge is 0.867 e. The van der Waals surface area contributed by atoms with Crippen LogP contribution in [0.4, 0.5) is 0 Å². The van der Waals surface area contributed by atoms with Crippen molar-refractivity contribution in [2.75, 3.05) is 13.2 Å². The fourth-order valence-corrected chi connectivity index (χ4v) is 4.67. The molecule has 5 rings (SSSR count). The lowest BCUT2D eigenvalue weighted by Crippen LogP contribution is -2.63. The second-order valence-corrected chi connectivity index (χ2v) is 9.81. The van der Waals surface area contributed by atoms with E-state index in [9.17, 15) is 55.9 Å². The molecule has 0 saturated carbocycles. The maximum atomic E-state index is 12.0. The van der Waals surface area contributed by atoms with Gasteiger partial charge in [-0.2, -0.15) is 0 Å². The number of benzene rings is 2. The molecular weight excluding hydrogens is 568 g/mol. The van der Waals surface area contributed by atoms with Crippen molar-refractivity contribution < 1.29 is 74.4 Å². The van der Waals surface area contributed by atoms with E-state index < -0.39 is 96.9 Å². The summed E-state index contributed by atoms with van der Waals surface area (Å²) < 4.78 is 28.2. The number of aliphatic hydroxyl groups excluding tert-OH is 6. The summed E-state index contributed by atoms with van der Waals surface area (Å²) in [7, 11) is 0.